The number of hydrogen-bond donors (Lipinski definition) is 0. The summed E-state index contributed by atoms with van der Waals surface area (Å²) in [5.74, 6) is 12.0. The average molecular weight is 429 g/mol. The monoisotopic (exact) mass is 428 g/mol. The summed E-state index contributed by atoms with van der Waals surface area (Å²) in [6, 6.07) is 0. The van der Waals surface area contributed by atoms with E-state index >= 15 is 0 Å². The standard InChI is InChI=1S/4C7H11.Ti/c4*1-2-7-4-3-6(1)5-7;/h4*6H,1-5H2;/q4*-1;+4. The van der Waals surface area contributed by atoms with Gasteiger partial charge in [-0.25, -0.2) is 0 Å². The zero-order valence-electron chi connectivity index (χ0n) is 19.0. The molecule has 8 aliphatic rings. The molecule has 0 aromatic heterocycles. The molecule has 0 heterocycles. The summed E-state index contributed by atoms with van der Waals surface area (Å²) >= 11 is 0. The third-order valence-corrected chi connectivity index (χ3v) is 9.56. The van der Waals surface area contributed by atoms with Gasteiger partial charge in [-0.2, -0.15) is 77.0 Å². The van der Waals surface area contributed by atoms with E-state index in [1.807, 2.05) is 23.7 Å². The van der Waals surface area contributed by atoms with Crippen LogP contribution in [0.4, 0.5) is 0 Å². The van der Waals surface area contributed by atoms with E-state index in [1.54, 1.807) is 0 Å². The maximum atomic E-state index is 1.87. The van der Waals surface area contributed by atoms with Gasteiger partial charge in [0.25, 0.3) is 0 Å². The van der Waals surface area contributed by atoms with Crippen molar-refractivity contribution in [1.29, 1.82) is 0 Å². The van der Waals surface area contributed by atoms with E-state index in [2.05, 4.69) is 0 Å². The normalized spacial score (nSPS) is 31.4. The number of fused-ring (bicyclic) bond motifs is 8. The van der Waals surface area contributed by atoms with Crippen molar-refractivity contribution in [3.05, 3.63) is 23.7 Å². The SMILES string of the molecule is C1CC2CC[C-]1C2.C1CC2CC[C-]1C2.C1CC2CC[C-]1C2.C1CC2CC[C-]1C2.[Ti+4]. The van der Waals surface area contributed by atoms with Gasteiger partial charge in [-0.05, 0) is 0 Å². The van der Waals surface area contributed by atoms with E-state index in [-0.39, 0.29) is 21.7 Å². The molecule has 0 N–H and O–H groups in total. The van der Waals surface area contributed by atoms with Crippen molar-refractivity contribution in [1.82, 2.24) is 0 Å². The molecule has 29 heavy (non-hydrogen) atoms. The van der Waals surface area contributed by atoms with Gasteiger partial charge in [0.1, 0.15) is 0 Å². The molecule has 0 saturated heterocycles. The fourth-order valence-corrected chi connectivity index (χ4v) is 7.61. The molecule has 0 aromatic carbocycles. The minimum absolute atomic E-state index is 0. The molecule has 8 aliphatic carbocycles. The smallest absolute Gasteiger partial charge is 0.313 e. The topological polar surface area (TPSA) is 0 Å². The Morgan fingerprint density at radius 3 is 0.517 bits per heavy atom. The van der Waals surface area contributed by atoms with Crippen LogP contribution in [0.2, 0.25) is 0 Å². The summed E-state index contributed by atoms with van der Waals surface area (Å²) in [6.45, 7) is 0. The van der Waals surface area contributed by atoms with Gasteiger partial charge in [-0.1, -0.05) is 75.0 Å². The Labute approximate surface area is 197 Å². The fraction of sp³-hybridized carbons (Fsp3) is 0.857. The first-order chi connectivity index (χ1) is 13.8. The van der Waals surface area contributed by atoms with Crippen LogP contribution in [0, 0.1) is 47.3 Å². The first-order valence-electron chi connectivity index (χ1n) is 13.1. The Morgan fingerprint density at radius 1 is 0.310 bits per heavy atom. The van der Waals surface area contributed by atoms with Gasteiger partial charge in [0.15, 0.2) is 0 Å². The van der Waals surface area contributed by atoms with Gasteiger partial charge in [0, 0.05) is 0 Å². The average Bonchev–Trinajstić information content (AvgIpc) is 3.63. The Hall–Kier alpha value is 0.714. The van der Waals surface area contributed by atoms with Gasteiger partial charge in [-0.3, -0.25) is 0 Å². The Balaban J connectivity index is 0.0000000931. The van der Waals surface area contributed by atoms with Crippen molar-refractivity contribution < 1.29 is 21.7 Å². The van der Waals surface area contributed by atoms with Crippen molar-refractivity contribution in [2.45, 2.75) is 128 Å². The molecular formula is C28H44Ti. The predicted molar refractivity (Wildman–Crippen MR) is 119 cm³/mol. The third-order valence-electron chi connectivity index (χ3n) is 9.56. The summed E-state index contributed by atoms with van der Waals surface area (Å²) in [4.78, 5) is 0. The molecule has 0 nitrogen and oxygen atoms in total. The molecule has 0 atom stereocenters. The molecule has 8 fully saturated rings. The van der Waals surface area contributed by atoms with Crippen molar-refractivity contribution >= 4 is 0 Å². The number of hydrogen-bond acceptors (Lipinski definition) is 0. The molecule has 8 saturated carbocycles. The molecule has 0 aromatic rings. The maximum absolute atomic E-state index is 1.87. The van der Waals surface area contributed by atoms with E-state index in [0.717, 1.165) is 23.7 Å². The molecule has 8 bridgehead atoms. The largest absolute Gasteiger partial charge is 4.00 e. The third kappa shape index (κ3) is 6.37. The molecule has 160 valence electrons. The van der Waals surface area contributed by atoms with Crippen LogP contribution in [0.1, 0.15) is 128 Å². The van der Waals surface area contributed by atoms with Crippen LogP contribution in [-0.2, 0) is 21.7 Å². The van der Waals surface area contributed by atoms with E-state index in [1.165, 1.54) is 128 Å². The predicted octanol–water partition coefficient (Wildman–Crippen LogP) is 8.62. The maximum Gasteiger partial charge on any atom is 4.00 e. The second-order valence-corrected chi connectivity index (χ2v) is 11.6. The summed E-state index contributed by atoms with van der Waals surface area (Å²) in [6.07, 6.45) is 30.0. The van der Waals surface area contributed by atoms with Crippen LogP contribution < -0.4 is 0 Å². The van der Waals surface area contributed by atoms with E-state index in [9.17, 15) is 0 Å². The van der Waals surface area contributed by atoms with Crippen LogP contribution in [0.25, 0.3) is 0 Å². The van der Waals surface area contributed by atoms with Gasteiger partial charge in [0.2, 0.25) is 0 Å². The molecule has 0 aliphatic heterocycles. The van der Waals surface area contributed by atoms with Crippen LogP contribution in [0.3, 0.4) is 0 Å². The molecule has 0 spiro atoms. The molecule has 0 radical (unpaired) electrons. The second-order valence-electron chi connectivity index (χ2n) is 11.6. The quantitative estimate of drug-likeness (QED) is 0.268. The van der Waals surface area contributed by atoms with Crippen LogP contribution in [0.15, 0.2) is 0 Å². The first kappa shape index (κ1) is 22.9. The summed E-state index contributed by atoms with van der Waals surface area (Å²) in [7, 11) is 0. The number of rotatable bonds is 0. The van der Waals surface area contributed by atoms with Crippen molar-refractivity contribution in [3.63, 3.8) is 0 Å². The van der Waals surface area contributed by atoms with Crippen LogP contribution in [0.5, 0.6) is 0 Å². The van der Waals surface area contributed by atoms with E-state index in [0.29, 0.717) is 0 Å². The van der Waals surface area contributed by atoms with E-state index < -0.39 is 0 Å². The Morgan fingerprint density at radius 2 is 0.483 bits per heavy atom. The Bertz CT molecular complexity index is 327. The van der Waals surface area contributed by atoms with Crippen LogP contribution >= 0.6 is 0 Å². The molecular weight excluding hydrogens is 384 g/mol. The Kier molecular flexibility index (Phi) is 8.71. The molecule has 8 rings (SSSR count). The van der Waals surface area contributed by atoms with Gasteiger partial charge in [-0.15, -0.1) is 0 Å². The molecule has 0 amide bonds. The van der Waals surface area contributed by atoms with Crippen LogP contribution in [-0.4, -0.2) is 0 Å². The zero-order valence-corrected chi connectivity index (χ0v) is 20.5. The summed E-state index contributed by atoms with van der Waals surface area (Å²) in [5, 5.41) is 0. The van der Waals surface area contributed by atoms with E-state index in [4.69, 9.17) is 0 Å². The molecule has 1 heteroatoms. The first-order valence-corrected chi connectivity index (χ1v) is 13.1. The zero-order chi connectivity index (χ0) is 18.8. The van der Waals surface area contributed by atoms with Crippen molar-refractivity contribution in [2.75, 3.05) is 0 Å². The summed E-state index contributed by atoms with van der Waals surface area (Å²) in [5.41, 5.74) is 0. The minimum atomic E-state index is 0. The minimum Gasteiger partial charge on any atom is -0.313 e. The van der Waals surface area contributed by atoms with Gasteiger partial charge < -0.3 is 23.7 Å². The van der Waals surface area contributed by atoms with Gasteiger partial charge >= 0.3 is 21.7 Å². The second kappa shape index (κ2) is 11.0. The fourth-order valence-electron chi connectivity index (χ4n) is 7.61. The van der Waals surface area contributed by atoms with Crippen molar-refractivity contribution in [3.8, 4) is 0 Å². The summed E-state index contributed by atoms with van der Waals surface area (Å²) < 4.78 is 0. The van der Waals surface area contributed by atoms with Gasteiger partial charge in [0.05, 0.1) is 0 Å². The van der Waals surface area contributed by atoms with Crippen molar-refractivity contribution in [2.24, 2.45) is 23.7 Å². The molecule has 0 unspecified atom stereocenters.